The highest BCUT2D eigenvalue weighted by Gasteiger charge is 2.43. The molecule has 0 unspecified atom stereocenters. The number of carbonyl (C=O) groups is 2. The van der Waals surface area contributed by atoms with Gasteiger partial charge in [0.25, 0.3) is 0 Å². The molecule has 1 rings (SSSR count). The number of carboxylic acids is 1. The molecule has 0 spiro atoms. The predicted octanol–water partition coefficient (Wildman–Crippen LogP) is 1.29. The van der Waals surface area contributed by atoms with E-state index in [-0.39, 0.29) is 11.7 Å². The van der Waals surface area contributed by atoms with E-state index in [9.17, 15) is 14.7 Å². The highest BCUT2D eigenvalue weighted by atomic mass is 16.4. The fourth-order valence-electron chi connectivity index (χ4n) is 3.24. The maximum Gasteiger partial charge on any atom is 0.136 e. The summed E-state index contributed by atoms with van der Waals surface area (Å²) >= 11 is 0. The standard InChI is InChI=1S/C16H27NO3/c1-10(11(2)9-17)8-16(13(4)18)6-5-14(15(19)20)7-12(16)3/h7,10-12H,5-6,8-9,17H2,1-4H3,(H,19,20)/p-1/t10-,11-,12-,16+/m0/s1. The second-order valence-corrected chi connectivity index (χ2v) is 6.37. The van der Waals surface area contributed by atoms with Crippen LogP contribution in [-0.4, -0.2) is 18.3 Å². The Bertz CT molecular complexity index is 416. The minimum Gasteiger partial charge on any atom is -0.545 e. The second kappa shape index (κ2) is 6.53. The molecule has 0 radical (unpaired) electrons. The van der Waals surface area contributed by atoms with Crippen LogP contribution < -0.4 is 10.8 Å². The van der Waals surface area contributed by atoms with Gasteiger partial charge in [-0.1, -0.05) is 26.8 Å². The zero-order chi connectivity index (χ0) is 15.5. The third-order valence-corrected chi connectivity index (χ3v) is 5.16. The average Bonchev–Trinajstić information content (AvgIpc) is 2.39. The molecule has 0 fully saturated rings. The van der Waals surface area contributed by atoms with E-state index in [1.807, 2.05) is 6.92 Å². The van der Waals surface area contributed by atoms with Gasteiger partial charge in [-0.05, 0) is 56.1 Å². The minimum absolute atomic E-state index is 0.0749. The Morgan fingerprint density at radius 3 is 2.45 bits per heavy atom. The van der Waals surface area contributed by atoms with Crippen LogP contribution in [0.4, 0.5) is 0 Å². The Morgan fingerprint density at radius 1 is 1.45 bits per heavy atom. The van der Waals surface area contributed by atoms with Crippen LogP contribution in [0.1, 0.15) is 47.0 Å². The molecule has 0 bridgehead atoms. The molecule has 114 valence electrons. The molecule has 0 aliphatic heterocycles. The quantitative estimate of drug-likeness (QED) is 0.794. The lowest BCUT2D eigenvalue weighted by Gasteiger charge is -2.42. The Labute approximate surface area is 121 Å². The number of ketones is 1. The van der Waals surface area contributed by atoms with Crippen molar-refractivity contribution in [2.45, 2.75) is 47.0 Å². The number of carbonyl (C=O) groups excluding carboxylic acids is 2. The fourth-order valence-corrected chi connectivity index (χ4v) is 3.24. The molecule has 0 aromatic carbocycles. The first-order valence-electron chi connectivity index (χ1n) is 7.37. The number of hydrogen-bond donors (Lipinski definition) is 1. The SMILES string of the molecule is CC(=O)[C@@]1(C[C@H](C)[C@@H](C)CN)CCC(C(=O)[O-])=C[C@@H]1C. The summed E-state index contributed by atoms with van der Waals surface area (Å²) in [6, 6.07) is 0. The summed E-state index contributed by atoms with van der Waals surface area (Å²) in [6.07, 6.45) is 3.47. The Morgan fingerprint density at radius 2 is 2.05 bits per heavy atom. The highest BCUT2D eigenvalue weighted by Crippen LogP contribution is 2.46. The van der Waals surface area contributed by atoms with E-state index in [0.717, 1.165) is 6.42 Å². The van der Waals surface area contributed by atoms with Crippen LogP contribution in [0, 0.1) is 23.2 Å². The topological polar surface area (TPSA) is 83.2 Å². The number of allylic oxidation sites excluding steroid dienone is 1. The highest BCUT2D eigenvalue weighted by molar-refractivity contribution is 5.87. The lowest BCUT2D eigenvalue weighted by Crippen LogP contribution is -2.42. The molecule has 4 heteroatoms. The lowest BCUT2D eigenvalue weighted by molar-refractivity contribution is -0.299. The normalized spacial score (nSPS) is 29.4. The van der Waals surface area contributed by atoms with Gasteiger partial charge in [0, 0.05) is 5.41 Å². The first-order chi connectivity index (χ1) is 9.24. The maximum absolute atomic E-state index is 12.2. The average molecular weight is 280 g/mol. The van der Waals surface area contributed by atoms with Crippen molar-refractivity contribution in [1.82, 2.24) is 0 Å². The van der Waals surface area contributed by atoms with Crippen LogP contribution in [0.3, 0.4) is 0 Å². The molecule has 0 heterocycles. The number of Topliss-reactive ketones (excluding diaryl/α,β-unsaturated/α-hetero) is 1. The number of carboxylic acid groups (broad SMARTS) is 1. The van der Waals surface area contributed by atoms with Gasteiger partial charge in [0.1, 0.15) is 5.78 Å². The van der Waals surface area contributed by atoms with Crippen molar-refractivity contribution in [1.29, 1.82) is 0 Å². The van der Waals surface area contributed by atoms with Crippen LogP contribution in [0.25, 0.3) is 0 Å². The van der Waals surface area contributed by atoms with Crippen LogP contribution in [0.15, 0.2) is 11.6 Å². The monoisotopic (exact) mass is 280 g/mol. The van der Waals surface area contributed by atoms with Crippen molar-refractivity contribution in [3.63, 3.8) is 0 Å². The van der Waals surface area contributed by atoms with Crippen molar-refractivity contribution in [2.24, 2.45) is 28.9 Å². The summed E-state index contributed by atoms with van der Waals surface area (Å²) in [4.78, 5) is 23.2. The molecule has 0 amide bonds. The number of aliphatic carboxylic acids is 1. The third-order valence-electron chi connectivity index (χ3n) is 5.16. The van der Waals surface area contributed by atoms with Crippen LogP contribution >= 0.6 is 0 Å². The molecule has 0 saturated carbocycles. The molecule has 0 saturated heterocycles. The Hall–Kier alpha value is -1.16. The van der Waals surface area contributed by atoms with Crippen molar-refractivity contribution in [2.75, 3.05) is 6.54 Å². The molecular weight excluding hydrogens is 254 g/mol. The fraction of sp³-hybridized carbons (Fsp3) is 0.750. The predicted molar refractivity (Wildman–Crippen MR) is 76.6 cm³/mol. The van der Waals surface area contributed by atoms with E-state index in [0.29, 0.717) is 36.8 Å². The minimum atomic E-state index is -1.11. The first kappa shape index (κ1) is 16.9. The molecule has 1 aliphatic carbocycles. The van der Waals surface area contributed by atoms with E-state index >= 15 is 0 Å². The smallest absolute Gasteiger partial charge is 0.136 e. The summed E-state index contributed by atoms with van der Waals surface area (Å²) in [5, 5.41) is 11.0. The van der Waals surface area contributed by atoms with Crippen molar-refractivity contribution < 1.29 is 14.7 Å². The largest absolute Gasteiger partial charge is 0.545 e. The van der Waals surface area contributed by atoms with E-state index in [1.54, 1.807) is 13.0 Å². The summed E-state index contributed by atoms with van der Waals surface area (Å²) in [5.41, 5.74) is 5.58. The van der Waals surface area contributed by atoms with Crippen molar-refractivity contribution in [3.8, 4) is 0 Å². The van der Waals surface area contributed by atoms with Gasteiger partial charge in [0.15, 0.2) is 0 Å². The summed E-state index contributed by atoms with van der Waals surface area (Å²) < 4.78 is 0. The van der Waals surface area contributed by atoms with Gasteiger partial charge in [-0.2, -0.15) is 0 Å². The molecule has 4 atom stereocenters. The van der Waals surface area contributed by atoms with Gasteiger partial charge in [-0.25, -0.2) is 0 Å². The van der Waals surface area contributed by atoms with E-state index < -0.39 is 11.4 Å². The van der Waals surface area contributed by atoms with Gasteiger partial charge in [0.05, 0.1) is 5.97 Å². The zero-order valence-corrected chi connectivity index (χ0v) is 12.9. The van der Waals surface area contributed by atoms with Crippen LogP contribution in [0.2, 0.25) is 0 Å². The van der Waals surface area contributed by atoms with Crippen molar-refractivity contribution >= 4 is 11.8 Å². The Kier molecular flexibility index (Phi) is 5.51. The maximum atomic E-state index is 12.2. The summed E-state index contributed by atoms with van der Waals surface area (Å²) in [7, 11) is 0. The van der Waals surface area contributed by atoms with Gasteiger partial charge < -0.3 is 15.6 Å². The summed E-state index contributed by atoms with van der Waals surface area (Å²) in [6.45, 7) is 8.36. The van der Waals surface area contributed by atoms with Gasteiger partial charge in [0.2, 0.25) is 0 Å². The zero-order valence-electron chi connectivity index (χ0n) is 12.9. The van der Waals surface area contributed by atoms with E-state index in [1.165, 1.54) is 0 Å². The molecule has 4 nitrogen and oxygen atoms in total. The van der Waals surface area contributed by atoms with Crippen molar-refractivity contribution in [3.05, 3.63) is 11.6 Å². The Balaban J connectivity index is 3.01. The second-order valence-electron chi connectivity index (χ2n) is 6.37. The van der Waals surface area contributed by atoms with Gasteiger partial charge >= 0.3 is 0 Å². The molecule has 2 N–H and O–H groups in total. The molecule has 0 aromatic heterocycles. The van der Waals surface area contributed by atoms with Crippen LogP contribution in [0.5, 0.6) is 0 Å². The first-order valence-corrected chi connectivity index (χ1v) is 7.37. The molecule has 0 aromatic rings. The molecule has 20 heavy (non-hydrogen) atoms. The number of hydrogen-bond acceptors (Lipinski definition) is 4. The van der Waals surface area contributed by atoms with E-state index in [2.05, 4.69) is 13.8 Å². The van der Waals surface area contributed by atoms with Gasteiger partial charge in [-0.15, -0.1) is 0 Å². The third kappa shape index (κ3) is 3.29. The van der Waals surface area contributed by atoms with E-state index in [4.69, 9.17) is 5.73 Å². The summed E-state index contributed by atoms with van der Waals surface area (Å²) in [5.74, 6) is -0.352. The molecule has 1 aliphatic rings. The van der Waals surface area contributed by atoms with Gasteiger partial charge in [-0.3, -0.25) is 4.79 Å². The van der Waals surface area contributed by atoms with Crippen LogP contribution in [-0.2, 0) is 9.59 Å². The number of rotatable bonds is 6. The lowest BCUT2D eigenvalue weighted by atomic mass is 9.61. The molecular formula is C16H26NO3-. The number of nitrogens with two attached hydrogens (primary N) is 1.